The van der Waals surface area contributed by atoms with Gasteiger partial charge in [0.05, 0.1) is 15.6 Å². The lowest BCUT2D eigenvalue weighted by molar-refractivity contribution is 1.03. The molecule has 0 fully saturated rings. The van der Waals surface area contributed by atoms with Crippen LogP contribution in [0.4, 0.5) is 0 Å². The topological polar surface area (TPSA) is 26.0 Å². The van der Waals surface area contributed by atoms with Gasteiger partial charge in [-0.1, -0.05) is 46.6 Å². The number of benzene rings is 1. The second-order valence-electron chi connectivity index (χ2n) is 2.58. The standard InChI is InChI=1S/C10H8Cl3N/c11-7-5-9(12)8(10(13)6-7)3-1-2-4-14/h5-6H,2,4,14H2. The Morgan fingerprint density at radius 3 is 2.21 bits per heavy atom. The van der Waals surface area contributed by atoms with E-state index in [9.17, 15) is 0 Å². The molecule has 0 radical (unpaired) electrons. The summed E-state index contributed by atoms with van der Waals surface area (Å²) in [4.78, 5) is 0. The lowest BCUT2D eigenvalue weighted by atomic mass is 10.2. The Kier molecular flexibility index (Phi) is 4.57. The third kappa shape index (κ3) is 3.08. The molecule has 0 saturated carbocycles. The molecular formula is C10H8Cl3N. The zero-order valence-corrected chi connectivity index (χ0v) is 9.55. The number of halogens is 3. The van der Waals surface area contributed by atoms with Gasteiger partial charge in [-0.3, -0.25) is 0 Å². The molecule has 74 valence electrons. The van der Waals surface area contributed by atoms with E-state index < -0.39 is 0 Å². The van der Waals surface area contributed by atoms with Crippen LogP contribution < -0.4 is 5.73 Å². The molecule has 0 aliphatic heterocycles. The van der Waals surface area contributed by atoms with Crippen LogP contribution in [0.2, 0.25) is 15.1 Å². The lowest BCUT2D eigenvalue weighted by Gasteiger charge is -1.99. The third-order valence-electron chi connectivity index (χ3n) is 1.49. The molecule has 14 heavy (non-hydrogen) atoms. The third-order valence-corrected chi connectivity index (χ3v) is 2.30. The molecule has 0 heterocycles. The van der Waals surface area contributed by atoms with Crippen LogP contribution in [0.5, 0.6) is 0 Å². The molecule has 1 nitrogen and oxygen atoms in total. The predicted octanol–water partition coefficient (Wildman–Crippen LogP) is 3.35. The highest BCUT2D eigenvalue weighted by Gasteiger charge is 2.04. The normalized spacial score (nSPS) is 9.43. The molecule has 0 aliphatic carbocycles. The monoisotopic (exact) mass is 247 g/mol. The fourth-order valence-corrected chi connectivity index (χ4v) is 1.80. The fraction of sp³-hybridized carbons (Fsp3) is 0.200. The van der Waals surface area contributed by atoms with E-state index in [1.54, 1.807) is 12.1 Å². The largest absolute Gasteiger partial charge is 0.330 e. The SMILES string of the molecule is NCCC#Cc1c(Cl)cc(Cl)cc1Cl. The van der Waals surface area contributed by atoms with E-state index in [-0.39, 0.29) is 0 Å². The molecule has 0 unspecified atom stereocenters. The van der Waals surface area contributed by atoms with Gasteiger partial charge in [-0.25, -0.2) is 0 Å². The maximum atomic E-state index is 5.91. The average Bonchev–Trinajstić information content (AvgIpc) is 2.09. The zero-order valence-electron chi connectivity index (χ0n) is 7.28. The Morgan fingerprint density at radius 1 is 1.14 bits per heavy atom. The van der Waals surface area contributed by atoms with Crippen molar-refractivity contribution in [1.82, 2.24) is 0 Å². The summed E-state index contributed by atoms with van der Waals surface area (Å²) in [6.45, 7) is 0.524. The van der Waals surface area contributed by atoms with Crippen molar-refractivity contribution in [2.24, 2.45) is 5.73 Å². The van der Waals surface area contributed by atoms with E-state index in [4.69, 9.17) is 40.5 Å². The van der Waals surface area contributed by atoms with Crippen molar-refractivity contribution in [3.63, 3.8) is 0 Å². The Morgan fingerprint density at radius 2 is 1.71 bits per heavy atom. The van der Waals surface area contributed by atoms with Gasteiger partial charge in [-0.15, -0.1) is 0 Å². The van der Waals surface area contributed by atoms with Gasteiger partial charge in [0.2, 0.25) is 0 Å². The highest BCUT2D eigenvalue weighted by atomic mass is 35.5. The van der Waals surface area contributed by atoms with Crippen LogP contribution in [-0.2, 0) is 0 Å². The summed E-state index contributed by atoms with van der Waals surface area (Å²) in [5.74, 6) is 5.72. The number of hydrogen-bond acceptors (Lipinski definition) is 1. The Labute approximate surface area is 98.1 Å². The molecule has 1 aromatic carbocycles. The van der Waals surface area contributed by atoms with Gasteiger partial charge < -0.3 is 5.73 Å². The van der Waals surface area contributed by atoms with Crippen LogP contribution in [-0.4, -0.2) is 6.54 Å². The summed E-state index contributed by atoms with van der Waals surface area (Å²) in [5, 5.41) is 1.43. The molecule has 0 aromatic heterocycles. The van der Waals surface area contributed by atoms with Crippen molar-refractivity contribution < 1.29 is 0 Å². The first-order chi connectivity index (χ1) is 6.65. The summed E-state index contributed by atoms with van der Waals surface area (Å²) < 4.78 is 0. The summed E-state index contributed by atoms with van der Waals surface area (Å²) in [5.41, 5.74) is 5.91. The van der Waals surface area contributed by atoms with Crippen molar-refractivity contribution in [1.29, 1.82) is 0 Å². The van der Waals surface area contributed by atoms with Gasteiger partial charge in [-0.05, 0) is 12.1 Å². The van der Waals surface area contributed by atoms with E-state index in [1.165, 1.54) is 0 Å². The molecular weight excluding hydrogens is 240 g/mol. The van der Waals surface area contributed by atoms with Gasteiger partial charge in [0, 0.05) is 18.0 Å². The summed E-state index contributed by atoms with van der Waals surface area (Å²) in [6.07, 6.45) is 0.620. The Hall–Kier alpha value is -0.390. The van der Waals surface area contributed by atoms with Crippen molar-refractivity contribution in [2.45, 2.75) is 6.42 Å². The van der Waals surface area contributed by atoms with Crippen molar-refractivity contribution in [2.75, 3.05) is 6.54 Å². The minimum absolute atomic E-state index is 0.465. The zero-order chi connectivity index (χ0) is 10.6. The first-order valence-electron chi connectivity index (χ1n) is 3.98. The number of hydrogen-bond donors (Lipinski definition) is 1. The summed E-state index contributed by atoms with van der Waals surface area (Å²) in [6, 6.07) is 3.23. The maximum Gasteiger partial charge on any atom is 0.0619 e. The van der Waals surface area contributed by atoms with Crippen molar-refractivity contribution in [3.05, 3.63) is 32.8 Å². The molecule has 0 atom stereocenters. The molecule has 4 heteroatoms. The van der Waals surface area contributed by atoms with Crippen LogP contribution in [0.1, 0.15) is 12.0 Å². The van der Waals surface area contributed by atoms with Crippen LogP contribution in [0.15, 0.2) is 12.1 Å². The summed E-state index contributed by atoms with van der Waals surface area (Å²) in [7, 11) is 0. The molecule has 0 saturated heterocycles. The van der Waals surface area contributed by atoms with E-state index in [0.29, 0.717) is 33.6 Å². The van der Waals surface area contributed by atoms with Crippen LogP contribution in [0, 0.1) is 11.8 Å². The number of rotatable bonds is 1. The molecule has 0 spiro atoms. The minimum atomic E-state index is 0.465. The van der Waals surface area contributed by atoms with E-state index in [0.717, 1.165) is 0 Å². The van der Waals surface area contributed by atoms with Gasteiger partial charge in [0.15, 0.2) is 0 Å². The second kappa shape index (κ2) is 5.48. The molecule has 0 bridgehead atoms. The molecule has 1 aromatic rings. The Balaban J connectivity index is 3.04. The van der Waals surface area contributed by atoms with Gasteiger partial charge in [0.25, 0.3) is 0 Å². The van der Waals surface area contributed by atoms with E-state index >= 15 is 0 Å². The lowest BCUT2D eigenvalue weighted by Crippen LogP contribution is -1.95. The Bertz CT molecular complexity index is 367. The quantitative estimate of drug-likeness (QED) is 0.758. The average molecular weight is 249 g/mol. The van der Waals surface area contributed by atoms with Gasteiger partial charge in [0.1, 0.15) is 0 Å². The first-order valence-corrected chi connectivity index (χ1v) is 5.12. The van der Waals surface area contributed by atoms with E-state index in [2.05, 4.69) is 11.8 Å². The van der Waals surface area contributed by atoms with Gasteiger partial charge >= 0.3 is 0 Å². The predicted molar refractivity (Wildman–Crippen MR) is 62.0 cm³/mol. The minimum Gasteiger partial charge on any atom is -0.330 e. The molecule has 0 amide bonds. The summed E-state index contributed by atoms with van der Waals surface area (Å²) >= 11 is 17.6. The smallest absolute Gasteiger partial charge is 0.0619 e. The second-order valence-corrected chi connectivity index (χ2v) is 3.84. The maximum absolute atomic E-state index is 5.91. The molecule has 0 aliphatic rings. The number of nitrogens with two attached hydrogens (primary N) is 1. The highest BCUT2D eigenvalue weighted by Crippen LogP contribution is 2.27. The van der Waals surface area contributed by atoms with E-state index in [1.807, 2.05) is 0 Å². The van der Waals surface area contributed by atoms with Crippen molar-refractivity contribution in [3.8, 4) is 11.8 Å². The fourth-order valence-electron chi connectivity index (χ4n) is 0.885. The van der Waals surface area contributed by atoms with Gasteiger partial charge in [-0.2, -0.15) is 0 Å². The van der Waals surface area contributed by atoms with Crippen LogP contribution in [0.25, 0.3) is 0 Å². The molecule has 2 N–H and O–H groups in total. The first kappa shape index (κ1) is 11.7. The molecule has 1 rings (SSSR count). The van der Waals surface area contributed by atoms with Crippen molar-refractivity contribution >= 4 is 34.8 Å². The highest BCUT2D eigenvalue weighted by molar-refractivity contribution is 6.39. The van der Waals surface area contributed by atoms with Crippen LogP contribution in [0.3, 0.4) is 0 Å². The van der Waals surface area contributed by atoms with Crippen LogP contribution >= 0.6 is 34.8 Å².